The average Bonchev–Trinajstić information content (AvgIpc) is 3.05. The first-order valence-corrected chi connectivity index (χ1v) is 8.37. The Labute approximate surface area is 143 Å². The highest BCUT2D eigenvalue weighted by Crippen LogP contribution is 2.27. The summed E-state index contributed by atoms with van der Waals surface area (Å²) >= 11 is 0. The molecule has 2 aromatic carbocycles. The molecular weight excluding hydrogens is 300 g/mol. The van der Waals surface area contributed by atoms with Crippen molar-refractivity contribution in [1.82, 2.24) is 4.90 Å². The number of rotatable bonds is 5. The van der Waals surface area contributed by atoms with Gasteiger partial charge in [0.2, 0.25) is 5.91 Å². The molecule has 1 heterocycles. The van der Waals surface area contributed by atoms with Crippen LogP contribution in [0.1, 0.15) is 17.5 Å². The third kappa shape index (κ3) is 3.95. The smallest absolute Gasteiger partial charge is 0.228 e. The van der Waals surface area contributed by atoms with Crippen molar-refractivity contribution < 1.29 is 9.53 Å². The minimum Gasteiger partial charge on any atom is -0.495 e. The predicted octanol–water partition coefficient (Wildman–Crippen LogP) is 3.46. The number of likely N-dealkylation sites (tertiary alicyclic amines) is 1. The van der Waals surface area contributed by atoms with E-state index >= 15 is 0 Å². The lowest BCUT2D eigenvalue weighted by Gasteiger charge is -2.17. The van der Waals surface area contributed by atoms with Crippen LogP contribution >= 0.6 is 0 Å². The number of carbonyl (C=O) groups excluding carboxylic acids is 1. The molecule has 1 saturated heterocycles. The van der Waals surface area contributed by atoms with Crippen LogP contribution in [0.2, 0.25) is 0 Å². The zero-order chi connectivity index (χ0) is 16.9. The van der Waals surface area contributed by atoms with E-state index in [0.717, 1.165) is 37.3 Å². The van der Waals surface area contributed by atoms with Crippen molar-refractivity contribution in [1.29, 1.82) is 0 Å². The van der Waals surface area contributed by atoms with Crippen molar-refractivity contribution in [3.05, 3.63) is 59.7 Å². The summed E-state index contributed by atoms with van der Waals surface area (Å²) in [6.45, 7) is 4.66. The standard InChI is InChI=1S/C20H24N2O2/c1-15-8-9-19(24-2)18(12-15)21-20(23)17-10-11-22(14-17)13-16-6-4-3-5-7-16/h3-9,12,17H,10-11,13-14H2,1-2H3,(H,21,23). The van der Waals surface area contributed by atoms with E-state index in [4.69, 9.17) is 4.74 Å². The topological polar surface area (TPSA) is 41.6 Å². The Kier molecular flexibility index (Phi) is 5.16. The average molecular weight is 324 g/mol. The molecule has 0 aliphatic carbocycles. The number of nitrogens with one attached hydrogen (secondary N) is 1. The molecule has 0 aromatic heterocycles. The van der Waals surface area contributed by atoms with Gasteiger partial charge in [0.15, 0.2) is 0 Å². The molecule has 0 spiro atoms. The zero-order valence-electron chi connectivity index (χ0n) is 14.3. The summed E-state index contributed by atoms with van der Waals surface area (Å²) in [5.74, 6) is 0.807. The van der Waals surface area contributed by atoms with Gasteiger partial charge in [-0.15, -0.1) is 0 Å². The molecular formula is C20H24N2O2. The van der Waals surface area contributed by atoms with Crippen LogP contribution < -0.4 is 10.1 Å². The molecule has 4 heteroatoms. The highest BCUT2D eigenvalue weighted by Gasteiger charge is 2.28. The molecule has 1 N–H and O–H groups in total. The first-order valence-electron chi connectivity index (χ1n) is 8.37. The summed E-state index contributed by atoms with van der Waals surface area (Å²) in [6, 6.07) is 16.2. The molecule has 4 nitrogen and oxygen atoms in total. The zero-order valence-corrected chi connectivity index (χ0v) is 14.3. The van der Waals surface area contributed by atoms with Gasteiger partial charge in [-0.2, -0.15) is 0 Å². The summed E-state index contributed by atoms with van der Waals surface area (Å²) in [7, 11) is 1.62. The Morgan fingerprint density at radius 1 is 1.25 bits per heavy atom. The van der Waals surface area contributed by atoms with E-state index in [-0.39, 0.29) is 11.8 Å². The summed E-state index contributed by atoms with van der Waals surface area (Å²) in [6.07, 6.45) is 0.896. The maximum atomic E-state index is 12.6. The maximum absolute atomic E-state index is 12.6. The molecule has 0 bridgehead atoms. The van der Waals surface area contributed by atoms with Gasteiger partial charge in [0.1, 0.15) is 5.75 Å². The minimum atomic E-state index is 0.0268. The highest BCUT2D eigenvalue weighted by molar-refractivity contribution is 5.94. The van der Waals surface area contributed by atoms with Crippen molar-refractivity contribution in [3.63, 3.8) is 0 Å². The van der Waals surface area contributed by atoms with Crippen LogP contribution in [0.3, 0.4) is 0 Å². The van der Waals surface area contributed by atoms with Crippen LogP contribution in [0.15, 0.2) is 48.5 Å². The second-order valence-corrected chi connectivity index (χ2v) is 6.40. The largest absolute Gasteiger partial charge is 0.495 e. The van der Waals surface area contributed by atoms with Crippen LogP contribution in [-0.2, 0) is 11.3 Å². The number of benzene rings is 2. The van der Waals surface area contributed by atoms with Crippen molar-refractivity contribution >= 4 is 11.6 Å². The molecule has 1 aliphatic heterocycles. The van der Waals surface area contributed by atoms with Gasteiger partial charge in [-0.05, 0) is 43.1 Å². The minimum absolute atomic E-state index is 0.0268. The maximum Gasteiger partial charge on any atom is 0.228 e. The third-order valence-electron chi connectivity index (χ3n) is 4.51. The highest BCUT2D eigenvalue weighted by atomic mass is 16.5. The van der Waals surface area contributed by atoms with E-state index in [2.05, 4.69) is 34.5 Å². The number of carbonyl (C=O) groups is 1. The fourth-order valence-electron chi connectivity index (χ4n) is 3.19. The molecule has 1 aliphatic rings. The van der Waals surface area contributed by atoms with E-state index in [1.807, 2.05) is 31.2 Å². The van der Waals surface area contributed by atoms with Crippen LogP contribution in [0.5, 0.6) is 5.75 Å². The number of methoxy groups -OCH3 is 1. The number of hydrogen-bond acceptors (Lipinski definition) is 3. The lowest BCUT2D eigenvalue weighted by Crippen LogP contribution is -2.27. The van der Waals surface area contributed by atoms with Gasteiger partial charge in [-0.3, -0.25) is 9.69 Å². The first kappa shape index (κ1) is 16.5. The number of aryl methyl sites for hydroxylation is 1. The Hall–Kier alpha value is -2.33. The lowest BCUT2D eigenvalue weighted by molar-refractivity contribution is -0.119. The van der Waals surface area contributed by atoms with Crippen LogP contribution in [-0.4, -0.2) is 31.0 Å². The number of nitrogens with zero attached hydrogens (tertiary/aromatic N) is 1. The summed E-state index contributed by atoms with van der Waals surface area (Å²) < 4.78 is 5.34. The van der Waals surface area contributed by atoms with Gasteiger partial charge in [-0.1, -0.05) is 36.4 Å². The molecule has 3 rings (SSSR count). The van der Waals surface area contributed by atoms with Crippen molar-refractivity contribution in [2.45, 2.75) is 19.9 Å². The Morgan fingerprint density at radius 3 is 2.79 bits per heavy atom. The fourth-order valence-corrected chi connectivity index (χ4v) is 3.19. The lowest BCUT2D eigenvalue weighted by atomic mass is 10.1. The van der Waals surface area contributed by atoms with E-state index in [0.29, 0.717) is 5.75 Å². The normalized spacial score (nSPS) is 17.7. The van der Waals surface area contributed by atoms with E-state index in [9.17, 15) is 4.79 Å². The van der Waals surface area contributed by atoms with Crippen LogP contribution in [0.25, 0.3) is 0 Å². The molecule has 1 amide bonds. The first-order chi connectivity index (χ1) is 11.7. The molecule has 126 valence electrons. The van der Waals surface area contributed by atoms with Crippen LogP contribution in [0.4, 0.5) is 5.69 Å². The Morgan fingerprint density at radius 2 is 2.04 bits per heavy atom. The van der Waals surface area contributed by atoms with Gasteiger partial charge in [0.25, 0.3) is 0 Å². The second-order valence-electron chi connectivity index (χ2n) is 6.40. The second kappa shape index (κ2) is 7.49. The monoisotopic (exact) mass is 324 g/mol. The van der Waals surface area contributed by atoms with Gasteiger partial charge < -0.3 is 10.1 Å². The fraction of sp³-hybridized carbons (Fsp3) is 0.350. The van der Waals surface area contributed by atoms with Gasteiger partial charge in [0, 0.05) is 13.1 Å². The van der Waals surface area contributed by atoms with Crippen molar-refractivity contribution in [2.75, 3.05) is 25.5 Å². The van der Waals surface area contributed by atoms with E-state index < -0.39 is 0 Å². The van der Waals surface area contributed by atoms with E-state index in [1.165, 1.54) is 5.56 Å². The number of amides is 1. The SMILES string of the molecule is COc1ccc(C)cc1NC(=O)C1CCN(Cc2ccccc2)C1. The molecule has 2 aromatic rings. The number of anilines is 1. The van der Waals surface area contributed by atoms with Crippen LogP contribution in [0, 0.1) is 12.8 Å². The molecule has 0 saturated carbocycles. The van der Waals surface area contributed by atoms with Gasteiger partial charge in [-0.25, -0.2) is 0 Å². The number of ether oxygens (including phenoxy) is 1. The quantitative estimate of drug-likeness (QED) is 0.916. The van der Waals surface area contributed by atoms with Crippen molar-refractivity contribution in [3.8, 4) is 5.75 Å². The third-order valence-corrected chi connectivity index (χ3v) is 4.51. The Balaban J connectivity index is 1.60. The molecule has 24 heavy (non-hydrogen) atoms. The van der Waals surface area contributed by atoms with E-state index in [1.54, 1.807) is 7.11 Å². The van der Waals surface area contributed by atoms with Gasteiger partial charge in [0.05, 0.1) is 18.7 Å². The molecule has 1 fully saturated rings. The summed E-state index contributed by atoms with van der Waals surface area (Å²) in [5.41, 5.74) is 3.14. The molecule has 1 atom stereocenters. The Bertz CT molecular complexity index is 700. The molecule has 0 radical (unpaired) electrons. The summed E-state index contributed by atoms with van der Waals surface area (Å²) in [4.78, 5) is 14.9. The van der Waals surface area contributed by atoms with Crippen molar-refractivity contribution in [2.24, 2.45) is 5.92 Å². The molecule has 1 unspecified atom stereocenters. The van der Waals surface area contributed by atoms with Gasteiger partial charge >= 0.3 is 0 Å². The summed E-state index contributed by atoms with van der Waals surface area (Å²) in [5, 5.41) is 3.04. The number of hydrogen-bond donors (Lipinski definition) is 1. The predicted molar refractivity (Wildman–Crippen MR) is 96.2 cm³/mol.